The van der Waals surface area contributed by atoms with Gasteiger partial charge in [-0.05, 0) is 56.2 Å². The molecule has 4 heteroatoms. The number of aliphatic hydroxyl groups is 1. The molecule has 1 aromatic carbocycles. The van der Waals surface area contributed by atoms with Crippen LogP contribution >= 0.6 is 0 Å². The van der Waals surface area contributed by atoms with Crippen LogP contribution in [0, 0.1) is 0 Å². The SMILES string of the molecule is OCc1ccc(CN2CCC[C@H]2c2nc3c([nH]2)CCCC3)cc1. The Bertz CT molecular complexity index is 638. The van der Waals surface area contributed by atoms with E-state index in [2.05, 4.69) is 22.0 Å². The Labute approximate surface area is 137 Å². The number of likely N-dealkylation sites (tertiary alicyclic amines) is 1. The number of aromatic amines is 1. The molecule has 23 heavy (non-hydrogen) atoms. The Kier molecular flexibility index (Phi) is 4.19. The first-order chi connectivity index (χ1) is 11.3. The van der Waals surface area contributed by atoms with E-state index in [0.717, 1.165) is 31.5 Å². The molecule has 0 unspecified atom stereocenters. The monoisotopic (exact) mass is 311 g/mol. The second-order valence-electron chi connectivity index (χ2n) is 6.86. The summed E-state index contributed by atoms with van der Waals surface area (Å²) in [6.07, 6.45) is 7.31. The summed E-state index contributed by atoms with van der Waals surface area (Å²) in [7, 11) is 0. The molecule has 2 aliphatic rings. The van der Waals surface area contributed by atoms with Crippen LogP contribution in [0.3, 0.4) is 0 Å². The molecule has 0 amide bonds. The molecule has 0 bridgehead atoms. The van der Waals surface area contributed by atoms with Crippen LogP contribution in [0.2, 0.25) is 0 Å². The van der Waals surface area contributed by atoms with Gasteiger partial charge in [0.2, 0.25) is 0 Å². The van der Waals surface area contributed by atoms with Crippen molar-refractivity contribution in [3.05, 3.63) is 52.6 Å². The van der Waals surface area contributed by atoms with Gasteiger partial charge >= 0.3 is 0 Å². The lowest BCUT2D eigenvalue weighted by atomic mass is 10.0. The fourth-order valence-corrected chi connectivity index (χ4v) is 3.94. The van der Waals surface area contributed by atoms with Gasteiger partial charge in [-0.1, -0.05) is 24.3 Å². The van der Waals surface area contributed by atoms with Crippen LogP contribution in [-0.4, -0.2) is 26.5 Å². The Morgan fingerprint density at radius 1 is 1.09 bits per heavy atom. The summed E-state index contributed by atoms with van der Waals surface area (Å²) in [5.41, 5.74) is 4.98. The molecule has 1 aliphatic heterocycles. The van der Waals surface area contributed by atoms with E-state index in [1.165, 1.54) is 48.5 Å². The van der Waals surface area contributed by atoms with E-state index in [1.54, 1.807) is 0 Å². The number of benzene rings is 1. The lowest BCUT2D eigenvalue weighted by molar-refractivity contribution is 0.240. The average Bonchev–Trinajstić information content (AvgIpc) is 3.21. The van der Waals surface area contributed by atoms with Crippen molar-refractivity contribution in [1.82, 2.24) is 14.9 Å². The maximum absolute atomic E-state index is 9.16. The van der Waals surface area contributed by atoms with E-state index in [0.29, 0.717) is 6.04 Å². The minimum absolute atomic E-state index is 0.116. The number of nitrogens with zero attached hydrogens (tertiary/aromatic N) is 2. The number of H-pyrrole nitrogens is 1. The van der Waals surface area contributed by atoms with Crippen LogP contribution in [0.15, 0.2) is 24.3 Å². The standard InChI is InChI=1S/C19H25N3O/c23-13-15-9-7-14(8-10-15)12-22-11-3-6-18(22)19-20-16-4-1-2-5-17(16)21-19/h7-10,18,23H,1-6,11-13H2,(H,20,21)/t18-/m0/s1. The molecule has 1 fully saturated rings. The van der Waals surface area contributed by atoms with Crippen LogP contribution < -0.4 is 0 Å². The first-order valence-corrected chi connectivity index (χ1v) is 8.84. The molecule has 1 aromatic heterocycles. The van der Waals surface area contributed by atoms with Crippen molar-refractivity contribution >= 4 is 0 Å². The fourth-order valence-electron chi connectivity index (χ4n) is 3.94. The van der Waals surface area contributed by atoms with E-state index in [-0.39, 0.29) is 6.61 Å². The van der Waals surface area contributed by atoms with Crippen molar-refractivity contribution in [2.75, 3.05) is 6.54 Å². The zero-order chi connectivity index (χ0) is 15.6. The van der Waals surface area contributed by atoms with Gasteiger partial charge in [0.15, 0.2) is 0 Å². The van der Waals surface area contributed by atoms with Gasteiger partial charge < -0.3 is 10.1 Å². The first-order valence-electron chi connectivity index (χ1n) is 8.84. The highest BCUT2D eigenvalue weighted by molar-refractivity contribution is 5.23. The first kappa shape index (κ1) is 14.9. The van der Waals surface area contributed by atoms with Crippen LogP contribution in [0.4, 0.5) is 0 Å². The molecule has 122 valence electrons. The minimum atomic E-state index is 0.116. The van der Waals surface area contributed by atoms with E-state index in [4.69, 9.17) is 10.1 Å². The fraction of sp³-hybridized carbons (Fsp3) is 0.526. The zero-order valence-corrected chi connectivity index (χ0v) is 13.6. The van der Waals surface area contributed by atoms with Crippen molar-refractivity contribution < 1.29 is 5.11 Å². The van der Waals surface area contributed by atoms with E-state index >= 15 is 0 Å². The van der Waals surface area contributed by atoms with Gasteiger partial charge in [-0.2, -0.15) is 0 Å². The Morgan fingerprint density at radius 2 is 1.87 bits per heavy atom. The Hall–Kier alpha value is -1.65. The maximum atomic E-state index is 9.16. The van der Waals surface area contributed by atoms with Crippen molar-refractivity contribution in [3.8, 4) is 0 Å². The molecule has 0 spiro atoms. The summed E-state index contributed by atoms with van der Waals surface area (Å²) in [6, 6.07) is 8.73. The average molecular weight is 311 g/mol. The van der Waals surface area contributed by atoms with Gasteiger partial charge in [0.25, 0.3) is 0 Å². The van der Waals surface area contributed by atoms with Crippen LogP contribution in [0.5, 0.6) is 0 Å². The third kappa shape index (κ3) is 3.06. The van der Waals surface area contributed by atoms with Gasteiger partial charge in [0.05, 0.1) is 18.3 Å². The van der Waals surface area contributed by atoms with Gasteiger partial charge in [-0.3, -0.25) is 4.90 Å². The predicted octanol–water partition coefficient (Wildman–Crippen LogP) is 3.12. The quantitative estimate of drug-likeness (QED) is 0.912. The van der Waals surface area contributed by atoms with Gasteiger partial charge in [-0.15, -0.1) is 0 Å². The summed E-state index contributed by atoms with van der Waals surface area (Å²) >= 11 is 0. The van der Waals surface area contributed by atoms with Crippen molar-refractivity contribution in [2.45, 2.75) is 57.7 Å². The summed E-state index contributed by atoms with van der Waals surface area (Å²) in [6.45, 7) is 2.21. The van der Waals surface area contributed by atoms with Crippen molar-refractivity contribution in [3.63, 3.8) is 0 Å². The molecular formula is C19H25N3O. The highest BCUT2D eigenvalue weighted by Gasteiger charge is 2.29. The van der Waals surface area contributed by atoms with Gasteiger partial charge in [0.1, 0.15) is 5.82 Å². The van der Waals surface area contributed by atoms with Crippen LogP contribution in [0.25, 0.3) is 0 Å². The lowest BCUT2D eigenvalue weighted by Crippen LogP contribution is -2.23. The molecule has 1 atom stereocenters. The van der Waals surface area contributed by atoms with Gasteiger partial charge in [0, 0.05) is 12.2 Å². The second-order valence-corrected chi connectivity index (χ2v) is 6.86. The summed E-state index contributed by atoms with van der Waals surface area (Å²) in [4.78, 5) is 11.1. The zero-order valence-electron chi connectivity index (χ0n) is 13.6. The number of aliphatic hydroxyl groups excluding tert-OH is 1. The highest BCUT2D eigenvalue weighted by Crippen LogP contribution is 2.33. The molecule has 1 aliphatic carbocycles. The number of hydrogen-bond donors (Lipinski definition) is 2. The number of aryl methyl sites for hydroxylation is 2. The topological polar surface area (TPSA) is 52.1 Å². The van der Waals surface area contributed by atoms with E-state index in [9.17, 15) is 0 Å². The lowest BCUT2D eigenvalue weighted by Gasteiger charge is -2.23. The third-order valence-corrected chi connectivity index (χ3v) is 5.24. The van der Waals surface area contributed by atoms with Gasteiger partial charge in [-0.25, -0.2) is 4.98 Å². The van der Waals surface area contributed by atoms with Crippen LogP contribution in [-0.2, 0) is 26.0 Å². The molecule has 2 N–H and O–H groups in total. The normalized spacial score (nSPS) is 21.5. The van der Waals surface area contributed by atoms with E-state index in [1.807, 2.05) is 12.1 Å². The van der Waals surface area contributed by atoms with Crippen LogP contribution in [0.1, 0.15) is 60.1 Å². The molecule has 4 rings (SSSR count). The molecule has 2 heterocycles. The number of fused-ring (bicyclic) bond motifs is 1. The minimum Gasteiger partial charge on any atom is -0.392 e. The molecule has 0 radical (unpaired) electrons. The van der Waals surface area contributed by atoms with E-state index < -0.39 is 0 Å². The summed E-state index contributed by atoms with van der Waals surface area (Å²) in [5.74, 6) is 1.18. The summed E-state index contributed by atoms with van der Waals surface area (Å²) in [5, 5.41) is 9.16. The number of aromatic nitrogens is 2. The molecule has 1 saturated heterocycles. The number of nitrogens with one attached hydrogen (secondary N) is 1. The molecule has 0 saturated carbocycles. The van der Waals surface area contributed by atoms with Crippen molar-refractivity contribution in [2.24, 2.45) is 0 Å². The smallest absolute Gasteiger partial charge is 0.124 e. The predicted molar refractivity (Wildman–Crippen MR) is 90.0 cm³/mol. The summed E-state index contributed by atoms with van der Waals surface area (Å²) < 4.78 is 0. The Balaban J connectivity index is 1.50. The second kappa shape index (κ2) is 6.46. The number of rotatable bonds is 4. The number of imidazole rings is 1. The Morgan fingerprint density at radius 3 is 2.65 bits per heavy atom. The highest BCUT2D eigenvalue weighted by atomic mass is 16.3. The number of hydrogen-bond acceptors (Lipinski definition) is 3. The molecule has 4 nitrogen and oxygen atoms in total. The largest absolute Gasteiger partial charge is 0.392 e. The molecular weight excluding hydrogens is 286 g/mol. The molecule has 2 aromatic rings. The van der Waals surface area contributed by atoms with Crippen molar-refractivity contribution in [1.29, 1.82) is 0 Å². The maximum Gasteiger partial charge on any atom is 0.124 e. The third-order valence-electron chi connectivity index (χ3n) is 5.24.